The van der Waals surface area contributed by atoms with Crippen molar-refractivity contribution in [1.29, 1.82) is 0 Å². The van der Waals surface area contributed by atoms with Crippen LogP contribution in [0.4, 0.5) is 8.78 Å². The minimum atomic E-state index is -0.797. The topological polar surface area (TPSA) is 133 Å². The van der Waals surface area contributed by atoms with Crippen LogP contribution in [0.1, 0.15) is 53.1 Å². The average molecular weight is 563 g/mol. The Hall–Kier alpha value is -4.64. The number of hydrogen-bond donors (Lipinski definition) is 2. The zero-order valence-corrected chi connectivity index (χ0v) is 22.7. The molecule has 212 valence electrons. The molecule has 0 aliphatic carbocycles. The standard InChI is InChI=1S/C30H28F2N4O5/c1-15-10-19(30(38)41-36-17(3)33)11-16(2)25(15)23-12-20(14-34-28(23)37)26-27(22-5-4-21(31)13-24(22)32)40-29(35-26)18-6-8-39-9-7-18/h4-5,10-14,18H,6-9H2,1-3H3,(H2,33,36)(H,34,37). The summed E-state index contributed by atoms with van der Waals surface area (Å²) in [5.74, 6) is -1.60. The van der Waals surface area contributed by atoms with Gasteiger partial charge in [-0.1, -0.05) is 5.16 Å². The van der Waals surface area contributed by atoms with E-state index in [1.807, 2.05) is 0 Å². The summed E-state index contributed by atoms with van der Waals surface area (Å²) in [6.45, 7) is 6.11. The van der Waals surface area contributed by atoms with Gasteiger partial charge in [-0.3, -0.25) is 4.79 Å². The van der Waals surface area contributed by atoms with Gasteiger partial charge in [-0.25, -0.2) is 18.6 Å². The van der Waals surface area contributed by atoms with Crippen molar-refractivity contribution in [2.24, 2.45) is 10.9 Å². The number of hydrogen-bond acceptors (Lipinski definition) is 7. The van der Waals surface area contributed by atoms with E-state index in [1.54, 1.807) is 32.0 Å². The van der Waals surface area contributed by atoms with Crippen molar-refractivity contribution >= 4 is 11.8 Å². The number of carbonyl (C=O) groups is 1. The van der Waals surface area contributed by atoms with Crippen LogP contribution >= 0.6 is 0 Å². The number of aromatic amines is 1. The highest BCUT2D eigenvalue weighted by Gasteiger charge is 2.27. The van der Waals surface area contributed by atoms with E-state index in [0.29, 0.717) is 65.5 Å². The first-order valence-electron chi connectivity index (χ1n) is 13.0. The lowest BCUT2D eigenvalue weighted by molar-refractivity contribution is 0.0515. The van der Waals surface area contributed by atoms with Crippen LogP contribution in [0.3, 0.4) is 0 Å². The van der Waals surface area contributed by atoms with Gasteiger partial charge in [0.15, 0.2) is 11.7 Å². The monoisotopic (exact) mass is 562 g/mol. The van der Waals surface area contributed by atoms with Gasteiger partial charge in [0.05, 0.1) is 11.1 Å². The molecule has 1 aliphatic rings. The quantitative estimate of drug-likeness (QED) is 0.135. The minimum Gasteiger partial charge on any atom is -0.440 e. The van der Waals surface area contributed by atoms with E-state index >= 15 is 0 Å². The Bertz CT molecular complexity index is 1690. The minimum absolute atomic E-state index is 0.0360. The van der Waals surface area contributed by atoms with Crippen molar-refractivity contribution in [3.63, 3.8) is 0 Å². The number of pyridine rings is 1. The molecule has 0 saturated carbocycles. The van der Waals surface area contributed by atoms with E-state index in [1.165, 1.54) is 19.2 Å². The van der Waals surface area contributed by atoms with E-state index in [-0.39, 0.29) is 34.2 Å². The second-order valence-electron chi connectivity index (χ2n) is 9.97. The Kier molecular flexibility index (Phi) is 7.80. The zero-order chi connectivity index (χ0) is 29.3. The summed E-state index contributed by atoms with van der Waals surface area (Å²) >= 11 is 0. The van der Waals surface area contributed by atoms with Gasteiger partial charge in [0.25, 0.3) is 5.56 Å². The van der Waals surface area contributed by atoms with E-state index < -0.39 is 17.6 Å². The molecule has 0 unspecified atom stereocenters. The van der Waals surface area contributed by atoms with E-state index in [9.17, 15) is 18.4 Å². The highest BCUT2D eigenvalue weighted by molar-refractivity contribution is 5.92. The van der Waals surface area contributed by atoms with Gasteiger partial charge >= 0.3 is 5.97 Å². The van der Waals surface area contributed by atoms with Crippen LogP contribution in [0.5, 0.6) is 0 Å². The van der Waals surface area contributed by atoms with Crippen LogP contribution in [-0.4, -0.2) is 35.0 Å². The summed E-state index contributed by atoms with van der Waals surface area (Å²) in [5, 5.41) is 3.50. The fourth-order valence-electron chi connectivity index (χ4n) is 4.99. The van der Waals surface area contributed by atoms with Crippen molar-refractivity contribution in [2.75, 3.05) is 13.2 Å². The predicted molar refractivity (Wildman–Crippen MR) is 148 cm³/mol. The van der Waals surface area contributed by atoms with Gasteiger partial charge in [-0.05, 0) is 80.6 Å². The molecule has 9 nitrogen and oxygen atoms in total. The molecule has 0 spiro atoms. The summed E-state index contributed by atoms with van der Waals surface area (Å²) in [4.78, 5) is 37.8. The number of nitrogens with one attached hydrogen (secondary N) is 1. The average Bonchev–Trinajstić information content (AvgIpc) is 3.38. The van der Waals surface area contributed by atoms with Crippen molar-refractivity contribution in [3.05, 3.63) is 87.2 Å². The molecule has 4 aromatic rings. The number of oxazole rings is 1. The molecule has 11 heteroatoms. The second-order valence-corrected chi connectivity index (χ2v) is 9.97. The number of ether oxygens (including phenoxy) is 1. The summed E-state index contributed by atoms with van der Waals surface area (Å²) in [5.41, 5.74) is 8.33. The fraction of sp³-hybridized carbons (Fsp3) is 0.267. The maximum absolute atomic E-state index is 14.9. The van der Waals surface area contributed by atoms with Crippen LogP contribution in [-0.2, 0) is 9.57 Å². The molecule has 0 radical (unpaired) electrons. The number of amidine groups is 1. The second kappa shape index (κ2) is 11.5. The van der Waals surface area contributed by atoms with Crippen LogP contribution in [0.2, 0.25) is 0 Å². The van der Waals surface area contributed by atoms with Crippen molar-refractivity contribution in [3.8, 4) is 33.7 Å². The fourth-order valence-corrected chi connectivity index (χ4v) is 4.99. The molecule has 1 aliphatic heterocycles. The SMILES string of the molecule is CC(N)=NOC(=O)c1cc(C)c(-c2cc(-c3nc(C4CCOCC4)oc3-c3ccc(F)cc3F)c[nH]c2=O)c(C)c1. The molecule has 2 aromatic heterocycles. The van der Waals surface area contributed by atoms with Crippen molar-refractivity contribution in [2.45, 2.75) is 39.5 Å². The molecule has 2 aromatic carbocycles. The van der Waals surface area contributed by atoms with Crippen LogP contribution < -0.4 is 11.3 Å². The normalized spacial score (nSPS) is 14.3. The molecule has 0 bridgehead atoms. The number of halogens is 2. The highest BCUT2D eigenvalue weighted by atomic mass is 19.1. The third-order valence-electron chi connectivity index (χ3n) is 6.88. The predicted octanol–water partition coefficient (Wildman–Crippen LogP) is 5.60. The Balaban J connectivity index is 1.62. The van der Waals surface area contributed by atoms with Gasteiger partial charge in [0.1, 0.15) is 23.2 Å². The van der Waals surface area contributed by atoms with Crippen molar-refractivity contribution in [1.82, 2.24) is 9.97 Å². The van der Waals surface area contributed by atoms with E-state index in [0.717, 1.165) is 12.1 Å². The Morgan fingerprint density at radius 3 is 2.46 bits per heavy atom. The first kappa shape index (κ1) is 27.9. The highest BCUT2D eigenvalue weighted by Crippen LogP contribution is 2.39. The van der Waals surface area contributed by atoms with E-state index in [2.05, 4.69) is 10.1 Å². The van der Waals surface area contributed by atoms with Gasteiger partial charge in [0, 0.05) is 42.5 Å². The number of carbonyl (C=O) groups excluding carboxylic acids is 1. The molecule has 3 N–H and O–H groups in total. The number of rotatable bonds is 6. The zero-order valence-electron chi connectivity index (χ0n) is 22.7. The van der Waals surface area contributed by atoms with Gasteiger partial charge < -0.3 is 24.7 Å². The first-order chi connectivity index (χ1) is 19.6. The summed E-state index contributed by atoms with van der Waals surface area (Å²) in [7, 11) is 0. The number of H-pyrrole nitrogens is 1. The third kappa shape index (κ3) is 5.80. The van der Waals surface area contributed by atoms with Gasteiger partial charge in [-0.15, -0.1) is 0 Å². The Labute approximate surface area is 234 Å². The Morgan fingerprint density at radius 2 is 1.80 bits per heavy atom. The summed E-state index contributed by atoms with van der Waals surface area (Å²) in [6.07, 6.45) is 2.85. The third-order valence-corrected chi connectivity index (χ3v) is 6.88. The van der Waals surface area contributed by atoms with Crippen LogP contribution in [0, 0.1) is 25.5 Å². The molecule has 5 rings (SSSR count). The number of nitrogens with zero attached hydrogens (tertiary/aromatic N) is 2. The number of benzene rings is 2. The van der Waals surface area contributed by atoms with Crippen LogP contribution in [0.25, 0.3) is 33.7 Å². The molecule has 41 heavy (non-hydrogen) atoms. The molecule has 0 atom stereocenters. The molecular formula is C30H28F2N4O5. The van der Waals surface area contributed by atoms with Gasteiger partial charge in [-0.2, -0.15) is 0 Å². The molecule has 1 fully saturated rings. The number of aryl methyl sites for hydroxylation is 2. The maximum Gasteiger partial charge on any atom is 0.365 e. The van der Waals surface area contributed by atoms with Gasteiger partial charge in [0.2, 0.25) is 0 Å². The molecule has 3 heterocycles. The van der Waals surface area contributed by atoms with Crippen molar-refractivity contribution < 1.29 is 27.6 Å². The lowest BCUT2D eigenvalue weighted by atomic mass is 9.93. The number of oxime groups is 1. The van der Waals surface area contributed by atoms with Crippen LogP contribution in [0.15, 0.2) is 57.0 Å². The number of aromatic nitrogens is 2. The van der Waals surface area contributed by atoms with E-state index in [4.69, 9.17) is 24.7 Å². The summed E-state index contributed by atoms with van der Waals surface area (Å²) < 4.78 is 40.2. The maximum atomic E-state index is 14.9. The lowest BCUT2D eigenvalue weighted by Crippen LogP contribution is -2.14. The Morgan fingerprint density at radius 1 is 1.10 bits per heavy atom. The molecule has 1 saturated heterocycles. The molecule has 0 amide bonds. The number of nitrogens with two attached hydrogens (primary N) is 1. The summed E-state index contributed by atoms with van der Waals surface area (Å²) in [6, 6.07) is 8.07. The lowest BCUT2D eigenvalue weighted by Gasteiger charge is -2.18. The first-order valence-corrected chi connectivity index (χ1v) is 13.0. The smallest absolute Gasteiger partial charge is 0.365 e. The largest absolute Gasteiger partial charge is 0.440 e. The molecular weight excluding hydrogens is 534 g/mol.